The van der Waals surface area contributed by atoms with Crippen LogP contribution in [0.2, 0.25) is 0 Å². The molecular formula is C14H16FN3O3S2. The Kier molecular flexibility index (Phi) is 5.80. The van der Waals surface area contributed by atoms with Crippen LogP contribution in [0.1, 0.15) is 16.3 Å². The summed E-state index contributed by atoms with van der Waals surface area (Å²) in [5.74, 6) is -0.778. The van der Waals surface area contributed by atoms with Gasteiger partial charge in [0.1, 0.15) is 5.82 Å². The third-order valence-corrected chi connectivity index (χ3v) is 5.29. The number of rotatable bonds is 7. The summed E-state index contributed by atoms with van der Waals surface area (Å²) in [7, 11) is -3.74. The van der Waals surface area contributed by atoms with Crippen molar-refractivity contribution in [3.63, 3.8) is 0 Å². The maximum absolute atomic E-state index is 12.8. The average Bonchev–Trinajstić information content (AvgIpc) is 2.91. The lowest BCUT2D eigenvalue weighted by Gasteiger charge is -2.07. The second kappa shape index (κ2) is 7.62. The van der Waals surface area contributed by atoms with Gasteiger partial charge in [-0.15, -0.1) is 11.3 Å². The van der Waals surface area contributed by atoms with Gasteiger partial charge < -0.3 is 5.32 Å². The van der Waals surface area contributed by atoms with Crippen molar-refractivity contribution in [3.05, 3.63) is 46.2 Å². The minimum atomic E-state index is -3.74. The minimum absolute atomic E-state index is 0.0121. The van der Waals surface area contributed by atoms with Crippen LogP contribution in [0.5, 0.6) is 0 Å². The summed E-state index contributed by atoms with van der Waals surface area (Å²) in [5.41, 5.74) is 0. The highest BCUT2D eigenvalue weighted by Gasteiger charge is 2.14. The first-order chi connectivity index (χ1) is 10.9. The summed E-state index contributed by atoms with van der Waals surface area (Å²) < 4.78 is 39.0. The Morgan fingerprint density at radius 3 is 2.61 bits per heavy atom. The van der Waals surface area contributed by atoms with Gasteiger partial charge in [-0.1, -0.05) is 0 Å². The zero-order valence-electron chi connectivity index (χ0n) is 12.4. The minimum Gasteiger partial charge on any atom is -0.351 e. The van der Waals surface area contributed by atoms with Gasteiger partial charge in [0.05, 0.1) is 16.4 Å². The maximum Gasteiger partial charge on any atom is 0.240 e. The van der Waals surface area contributed by atoms with Crippen LogP contribution in [0.25, 0.3) is 0 Å². The van der Waals surface area contributed by atoms with E-state index in [1.807, 2.05) is 6.92 Å². The Balaban J connectivity index is 1.77. The van der Waals surface area contributed by atoms with Crippen LogP contribution in [-0.4, -0.2) is 25.9 Å². The number of thiazole rings is 1. The second-order valence-electron chi connectivity index (χ2n) is 4.72. The summed E-state index contributed by atoms with van der Waals surface area (Å²) >= 11 is 1.49. The van der Waals surface area contributed by atoms with Gasteiger partial charge in [0, 0.05) is 24.0 Å². The van der Waals surface area contributed by atoms with Gasteiger partial charge in [-0.2, -0.15) is 0 Å². The van der Waals surface area contributed by atoms with Crippen LogP contribution in [0.3, 0.4) is 0 Å². The number of sulfonamides is 1. The molecular weight excluding hydrogens is 341 g/mol. The molecule has 2 N–H and O–H groups in total. The summed E-state index contributed by atoms with van der Waals surface area (Å²) in [4.78, 5) is 16.6. The molecule has 1 heterocycles. The summed E-state index contributed by atoms with van der Waals surface area (Å²) in [5, 5.41) is 3.61. The number of nitrogens with one attached hydrogen (secondary N) is 2. The lowest BCUT2D eigenvalue weighted by Crippen LogP contribution is -2.30. The third-order valence-electron chi connectivity index (χ3n) is 2.90. The first-order valence-corrected chi connectivity index (χ1v) is 9.10. The molecule has 23 heavy (non-hydrogen) atoms. The zero-order valence-corrected chi connectivity index (χ0v) is 14.0. The SMILES string of the molecule is Cc1ncc(CNC(=O)CCNS(=O)(=O)c2ccc(F)cc2)s1. The molecule has 1 aromatic heterocycles. The fourth-order valence-corrected chi connectivity index (χ4v) is 3.52. The Labute approximate surface area is 137 Å². The quantitative estimate of drug-likeness (QED) is 0.787. The number of hydrogen-bond acceptors (Lipinski definition) is 5. The molecule has 0 bridgehead atoms. The van der Waals surface area contributed by atoms with Crippen LogP contribution in [0, 0.1) is 12.7 Å². The summed E-state index contributed by atoms with van der Waals surface area (Å²) in [6, 6.07) is 4.48. The number of carbonyl (C=O) groups excluding carboxylic acids is 1. The molecule has 9 heteroatoms. The highest BCUT2D eigenvalue weighted by molar-refractivity contribution is 7.89. The van der Waals surface area contributed by atoms with E-state index >= 15 is 0 Å². The number of aryl methyl sites for hydroxylation is 1. The number of aromatic nitrogens is 1. The average molecular weight is 357 g/mol. The van der Waals surface area contributed by atoms with E-state index in [9.17, 15) is 17.6 Å². The van der Waals surface area contributed by atoms with E-state index in [4.69, 9.17) is 0 Å². The first kappa shape index (κ1) is 17.5. The second-order valence-corrected chi connectivity index (χ2v) is 7.81. The molecule has 0 fully saturated rings. The number of amides is 1. The molecule has 2 rings (SSSR count). The van der Waals surface area contributed by atoms with Crippen molar-refractivity contribution < 1.29 is 17.6 Å². The van der Waals surface area contributed by atoms with Crippen molar-refractivity contribution in [2.75, 3.05) is 6.54 Å². The largest absolute Gasteiger partial charge is 0.351 e. The molecule has 0 saturated heterocycles. The molecule has 1 amide bonds. The lowest BCUT2D eigenvalue weighted by molar-refractivity contribution is -0.121. The standard InChI is InChI=1S/C14H16FN3O3S2/c1-10-16-8-12(22-10)9-17-14(19)6-7-18-23(20,21)13-4-2-11(15)3-5-13/h2-5,8,18H,6-7,9H2,1H3,(H,17,19). The van der Waals surface area contributed by atoms with Crippen LogP contribution in [0.4, 0.5) is 4.39 Å². The van der Waals surface area contributed by atoms with Gasteiger partial charge in [-0.25, -0.2) is 22.5 Å². The highest BCUT2D eigenvalue weighted by Crippen LogP contribution is 2.11. The van der Waals surface area contributed by atoms with Crippen molar-refractivity contribution in [3.8, 4) is 0 Å². The third kappa shape index (κ3) is 5.38. The number of halogens is 1. The molecule has 124 valence electrons. The fraction of sp³-hybridized carbons (Fsp3) is 0.286. The molecule has 0 radical (unpaired) electrons. The van der Waals surface area contributed by atoms with E-state index < -0.39 is 15.8 Å². The Morgan fingerprint density at radius 2 is 2.00 bits per heavy atom. The highest BCUT2D eigenvalue weighted by atomic mass is 32.2. The van der Waals surface area contributed by atoms with E-state index in [1.54, 1.807) is 6.20 Å². The molecule has 6 nitrogen and oxygen atoms in total. The van der Waals surface area contributed by atoms with Crippen LogP contribution in [0.15, 0.2) is 35.4 Å². The molecule has 2 aromatic rings. The van der Waals surface area contributed by atoms with Gasteiger partial charge in [0.2, 0.25) is 15.9 Å². The number of hydrogen-bond donors (Lipinski definition) is 2. The summed E-state index contributed by atoms with van der Waals surface area (Å²) in [6.45, 7) is 2.21. The van der Waals surface area contributed by atoms with E-state index in [2.05, 4.69) is 15.0 Å². The van der Waals surface area contributed by atoms with E-state index in [1.165, 1.54) is 23.5 Å². The van der Waals surface area contributed by atoms with Gasteiger partial charge in [0.25, 0.3) is 0 Å². The van der Waals surface area contributed by atoms with Crippen LogP contribution < -0.4 is 10.0 Å². The van der Waals surface area contributed by atoms with Crippen molar-refractivity contribution in [2.45, 2.75) is 24.8 Å². The topological polar surface area (TPSA) is 88.2 Å². The van der Waals surface area contributed by atoms with Crippen molar-refractivity contribution >= 4 is 27.3 Å². The van der Waals surface area contributed by atoms with Gasteiger partial charge >= 0.3 is 0 Å². The Hall–Kier alpha value is -1.84. The molecule has 0 aliphatic heterocycles. The predicted molar refractivity (Wildman–Crippen MR) is 84.9 cm³/mol. The normalized spacial score (nSPS) is 11.4. The van der Waals surface area contributed by atoms with Gasteiger partial charge in [-0.05, 0) is 31.2 Å². The number of benzene rings is 1. The molecule has 0 spiro atoms. The van der Waals surface area contributed by atoms with Gasteiger partial charge in [0.15, 0.2) is 0 Å². The van der Waals surface area contributed by atoms with E-state index in [0.717, 1.165) is 22.0 Å². The van der Waals surface area contributed by atoms with Gasteiger partial charge in [-0.3, -0.25) is 4.79 Å². The number of nitrogens with zero attached hydrogens (tertiary/aromatic N) is 1. The molecule has 0 aliphatic rings. The fourth-order valence-electron chi connectivity index (χ4n) is 1.76. The van der Waals surface area contributed by atoms with Crippen LogP contribution >= 0.6 is 11.3 Å². The maximum atomic E-state index is 12.8. The first-order valence-electron chi connectivity index (χ1n) is 6.80. The number of carbonyl (C=O) groups is 1. The van der Waals surface area contributed by atoms with Crippen molar-refractivity contribution in [1.82, 2.24) is 15.0 Å². The zero-order chi connectivity index (χ0) is 16.9. The Bertz CT molecular complexity index is 773. The van der Waals surface area contributed by atoms with E-state index in [-0.39, 0.29) is 23.8 Å². The van der Waals surface area contributed by atoms with Crippen molar-refractivity contribution in [2.24, 2.45) is 0 Å². The molecule has 0 saturated carbocycles. The van der Waals surface area contributed by atoms with Crippen molar-refractivity contribution in [1.29, 1.82) is 0 Å². The molecule has 0 atom stereocenters. The van der Waals surface area contributed by atoms with E-state index in [0.29, 0.717) is 6.54 Å². The molecule has 0 unspecified atom stereocenters. The predicted octanol–water partition coefficient (Wildman–Crippen LogP) is 1.58. The summed E-state index contributed by atoms with van der Waals surface area (Å²) in [6.07, 6.45) is 1.70. The van der Waals surface area contributed by atoms with Crippen LogP contribution in [-0.2, 0) is 21.4 Å². The molecule has 1 aromatic carbocycles. The smallest absolute Gasteiger partial charge is 0.240 e. The molecule has 0 aliphatic carbocycles. The Morgan fingerprint density at radius 1 is 1.30 bits per heavy atom. The monoisotopic (exact) mass is 357 g/mol. The lowest BCUT2D eigenvalue weighted by atomic mass is 10.4.